The van der Waals surface area contributed by atoms with Crippen molar-refractivity contribution in [3.63, 3.8) is 0 Å². The summed E-state index contributed by atoms with van der Waals surface area (Å²) in [5.41, 5.74) is 0. The average molecular weight is 303 g/mol. The highest BCUT2D eigenvalue weighted by molar-refractivity contribution is 8.26. The van der Waals surface area contributed by atoms with Gasteiger partial charge < -0.3 is 0 Å². The molecule has 0 saturated carbocycles. The van der Waals surface area contributed by atoms with Crippen molar-refractivity contribution in [3.8, 4) is 0 Å². The van der Waals surface area contributed by atoms with Gasteiger partial charge in [0.1, 0.15) is 0 Å². The molecule has 28 heavy (non-hydrogen) atoms. The number of hydrogen-bond acceptors (Lipinski definition) is 0. The van der Waals surface area contributed by atoms with Crippen LogP contribution < -0.4 is 0 Å². The molecule has 0 unspecified atom stereocenters. The lowest BCUT2D eigenvalue weighted by Gasteiger charge is -2.49. The molecule has 0 amide bonds. The minimum absolute atomic E-state index is 0.807. The van der Waals surface area contributed by atoms with E-state index in [0.29, 0.717) is 0 Å². The number of rotatable bonds is 12. The van der Waals surface area contributed by atoms with Crippen molar-refractivity contribution in [1.29, 1.82) is 0 Å². The van der Waals surface area contributed by atoms with Crippen molar-refractivity contribution in [2.45, 2.75) is 0 Å². The fourth-order valence-corrected chi connectivity index (χ4v) is 4.11. The Morgan fingerprint density at radius 2 is 0.429 bits per heavy atom. The quantitative estimate of drug-likeness (QED) is 0.314. The van der Waals surface area contributed by atoms with Crippen LogP contribution in [0.4, 0.5) is 0 Å². The zero-order valence-corrected chi connectivity index (χ0v) is 16.2. The first-order valence-corrected chi connectivity index (χ1v) is 9.00. The summed E-state index contributed by atoms with van der Waals surface area (Å²) >= 11 is 0. The highest BCUT2D eigenvalue weighted by Crippen LogP contribution is 2.12. The molecule has 0 aromatic carbocycles. The molecule has 30 radical (unpaired) electrons. The maximum Gasteiger partial charge on any atom is 0 e. The predicted molar refractivity (Wildman–Crippen MR) is 161 cm³/mol. The molecule has 84 valence electrons. The first-order valence-electron chi connectivity index (χ1n) is 9.00. The van der Waals surface area contributed by atoms with Crippen LogP contribution in [0.1, 0.15) is 0 Å². The highest BCUT2D eigenvalue weighted by atomic mass is 13.3. The molecule has 0 N–H and O–H groups in total. The molecule has 0 spiro atoms. The lowest BCUT2D eigenvalue weighted by atomic mass is 8.32. The average Bonchev–Trinajstić information content (AvgIpc) is 2.48. The van der Waals surface area contributed by atoms with E-state index < -0.39 is 83.0 Å². The lowest BCUT2D eigenvalue weighted by Crippen LogP contribution is -2.87. The summed E-state index contributed by atoms with van der Waals surface area (Å²) in [4.78, 5) is 0. The molecule has 0 aliphatic carbocycles. The van der Waals surface area contributed by atoms with E-state index in [1.807, 2.05) is 0 Å². The topological polar surface area (TPSA) is 0 Å². The molecule has 0 aliphatic heterocycles. The van der Waals surface area contributed by atoms with E-state index in [0.717, 1.165) is 0 Å². The fourth-order valence-electron chi connectivity index (χ4n) is 4.11. The van der Waals surface area contributed by atoms with E-state index in [9.17, 15) is 0 Å². The smallest absolute Gasteiger partial charge is 0 e. The van der Waals surface area contributed by atoms with E-state index in [4.69, 9.17) is 116 Å². The van der Waals surface area contributed by atoms with E-state index in [1.165, 1.54) is 0 Å². The minimum atomic E-state index is -1.03. The second kappa shape index (κ2) is 13.4. The van der Waals surface area contributed by atoms with Crippen LogP contribution in [0.2, 0.25) is 0 Å². The van der Waals surface area contributed by atoms with Crippen LogP contribution in [0.3, 0.4) is 0 Å². The summed E-state index contributed by atoms with van der Waals surface area (Å²) in [5.74, 6) is 0. The Hall–Kier alpha value is 1.82. The van der Waals surface area contributed by atoms with Crippen LogP contribution in [-0.4, -0.2) is 199 Å². The van der Waals surface area contributed by atoms with Crippen LogP contribution in [0, 0.1) is 0 Å². The van der Waals surface area contributed by atoms with Gasteiger partial charge in [0, 0.05) is 199 Å². The van der Waals surface area contributed by atoms with Gasteiger partial charge in [-0.25, -0.2) is 0 Å². The maximum atomic E-state index is 6.32. The Balaban J connectivity index is 6.81. The summed E-state index contributed by atoms with van der Waals surface area (Å²) in [7, 11) is 89.6. The third-order valence-electron chi connectivity index (χ3n) is 5.33. The second-order valence-electron chi connectivity index (χ2n) is 7.51. The number of hydrogen-bond donors (Lipinski definition) is 0. The van der Waals surface area contributed by atoms with Crippen molar-refractivity contribution in [2.75, 3.05) is 0 Å². The van der Waals surface area contributed by atoms with Crippen LogP contribution in [0.15, 0.2) is 0 Å². The van der Waals surface area contributed by atoms with Crippen molar-refractivity contribution in [1.82, 2.24) is 0 Å². The Kier molecular flexibility index (Phi) is 14.3. The molecule has 0 nitrogen and oxygen atoms in total. The van der Waals surface area contributed by atoms with Crippen molar-refractivity contribution >= 4 is 199 Å². The third kappa shape index (κ3) is 8.06. The molecule has 0 aliphatic rings. The lowest BCUT2D eigenvalue weighted by molar-refractivity contribution is 3.27. The largest absolute Gasteiger partial charge is 0 e. The summed E-state index contributed by atoms with van der Waals surface area (Å²) < 4.78 is 0. The van der Waals surface area contributed by atoms with Gasteiger partial charge in [0.15, 0.2) is 0 Å². The zero-order chi connectivity index (χ0) is 22.5. The van der Waals surface area contributed by atoms with Gasteiger partial charge in [-0.05, 0) is 0 Å². The summed E-state index contributed by atoms with van der Waals surface area (Å²) in [6.07, 6.45) is -12.2. The standard InChI is InChI=1S/B28/c1-16(2)23(15)27(24(17(3)4)18(5)6)28(25(19(7)8)20(9)10)26(21(11)12)22(13)14. The molecule has 0 aromatic rings. The fraction of sp³-hybridized carbons (Fsp3) is 0. The van der Waals surface area contributed by atoms with E-state index in [2.05, 4.69) is 0 Å². The summed E-state index contributed by atoms with van der Waals surface area (Å²) in [6.45, 7) is 0. The van der Waals surface area contributed by atoms with E-state index >= 15 is 0 Å². The molecule has 0 rings (SSSR count). The molecule has 0 fully saturated rings. The first-order chi connectivity index (χ1) is 12.7. The van der Waals surface area contributed by atoms with Gasteiger partial charge in [-0.2, -0.15) is 0 Å². The molecule has 0 aromatic heterocycles. The van der Waals surface area contributed by atoms with Gasteiger partial charge in [-0.3, -0.25) is 0 Å². The molecule has 0 heterocycles. The van der Waals surface area contributed by atoms with E-state index in [-0.39, 0.29) is 0 Å². The van der Waals surface area contributed by atoms with Crippen LogP contribution >= 0.6 is 0 Å². The molecular weight excluding hydrogens is 303 g/mol. The minimum Gasteiger partial charge on any atom is 0 e. The zero-order valence-electron chi connectivity index (χ0n) is 16.2. The Morgan fingerprint density at radius 3 is 0.607 bits per heavy atom. The van der Waals surface area contributed by atoms with Crippen LogP contribution in [-0.2, 0) is 0 Å². The highest BCUT2D eigenvalue weighted by Gasteiger charge is 2.50. The van der Waals surface area contributed by atoms with Gasteiger partial charge in [-0.1, -0.05) is 0 Å². The third-order valence-corrected chi connectivity index (χ3v) is 5.33. The molecule has 28 heteroatoms. The second-order valence-corrected chi connectivity index (χ2v) is 7.51. The van der Waals surface area contributed by atoms with Crippen molar-refractivity contribution in [2.24, 2.45) is 0 Å². The first kappa shape index (κ1) is 29.8. The Bertz CT molecular complexity index is 354. The maximum absolute atomic E-state index is 6.32. The van der Waals surface area contributed by atoms with Crippen LogP contribution in [0.25, 0.3) is 0 Å². The van der Waals surface area contributed by atoms with Gasteiger partial charge >= 0.3 is 0 Å². The Labute approximate surface area is 198 Å². The normalized spacial score (nSPS) is 9.43. The van der Waals surface area contributed by atoms with Gasteiger partial charge in [0.2, 0.25) is 0 Å². The SMILES string of the molecule is [B]B([B])B([B])B(B(B([B])[B])B([B])[B])B(B(B([B])[B])B([B])[B])B(B([B])[B])B([B])[B]. The summed E-state index contributed by atoms with van der Waals surface area (Å²) in [5, 5.41) is 0. The molecule has 0 saturated heterocycles. The van der Waals surface area contributed by atoms with E-state index in [1.54, 1.807) is 0 Å². The molecule has 0 atom stereocenters. The predicted octanol–water partition coefficient (Wildman–Crippen LogP) is -10.7. The Morgan fingerprint density at radius 1 is 0.214 bits per heavy atom. The van der Waals surface area contributed by atoms with Gasteiger partial charge in [0.25, 0.3) is 0 Å². The monoisotopic (exact) mass is 308 g/mol. The van der Waals surface area contributed by atoms with Crippen molar-refractivity contribution < 1.29 is 0 Å². The van der Waals surface area contributed by atoms with Gasteiger partial charge in [-0.15, -0.1) is 0 Å². The van der Waals surface area contributed by atoms with Crippen molar-refractivity contribution in [3.05, 3.63) is 0 Å². The molecule has 0 bridgehead atoms. The summed E-state index contributed by atoms with van der Waals surface area (Å²) in [6, 6.07) is 0. The van der Waals surface area contributed by atoms with Gasteiger partial charge in [0.05, 0.1) is 0 Å². The molecular formula is B28. The van der Waals surface area contributed by atoms with Crippen LogP contribution in [0.5, 0.6) is 0 Å².